The van der Waals surface area contributed by atoms with Crippen LogP contribution in [-0.4, -0.2) is 40.7 Å². The van der Waals surface area contributed by atoms with Crippen molar-refractivity contribution < 1.29 is 28.9 Å². The van der Waals surface area contributed by atoms with Gasteiger partial charge >= 0.3 is 5.91 Å². The number of halogens is 2. The highest BCUT2D eigenvalue weighted by atomic mass is 35.5. The molecule has 1 aromatic heterocycles. The molecule has 1 atom stereocenters. The number of amides is 1. The van der Waals surface area contributed by atoms with Crippen LogP contribution < -0.4 is 19.1 Å². The van der Waals surface area contributed by atoms with E-state index in [-0.39, 0.29) is 16.5 Å². The normalized spacial score (nSPS) is 15.4. The number of thioether (sulfide) groups is 1. The number of hydrogen-bond donors (Lipinski definition) is 1. The molecule has 0 aliphatic carbocycles. The molecule has 0 bridgehead atoms. The first-order valence-electron chi connectivity index (χ1n) is 15.1. The maximum absolute atomic E-state index is 13.8. The lowest BCUT2D eigenvalue weighted by atomic mass is 9.95. The largest absolute Gasteiger partial charge is 0.507 e. The van der Waals surface area contributed by atoms with Crippen molar-refractivity contribution in [2.45, 2.75) is 29.7 Å². The number of hydrogen-bond acceptors (Lipinski definition) is 10. The molecule has 1 unspecified atom stereocenters. The van der Waals surface area contributed by atoms with E-state index in [9.17, 15) is 14.7 Å². The van der Waals surface area contributed by atoms with Gasteiger partial charge in [0.2, 0.25) is 5.13 Å². The molecule has 1 N–H and O–H groups in total. The molecule has 0 radical (unpaired) electrons. The van der Waals surface area contributed by atoms with Crippen LogP contribution in [0.2, 0.25) is 10.0 Å². The topological polar surface area (TPSA) is 111 Å². The maximum Gasteiger partial charge on any atom is 0.301 e. The van der Waals surface area contributed by atoms with Crippen molar-refractivity contribution in [2.75, 3.05) is 18.6 Å². The zero-order valence-electron chi connectivity index (χ0n) is 26.3. The van der Waals surface area contributed by atoms with Gasteiger partial charge in [0.05, 0.1) is 25.3 Å². The van der Waals surface area contributed by atoms with Gasteiger partial charge in [-0.1, -0.05) is 88.8 Å². The Bertz CT molecular complexity index is 2020. The van der Waals surface area contributed by atoms with Crippen LogP contribution in [0.4, 0.5) is 5.13 Å². The second-order valence-electron chi connectivity index (χ2n) is 10.7. The molecule has 1 fully saturated rings. The summed E-state index contributed by atoms with van der Waals surface area (Å²) in [6.07, 6.45) is 0. The lowest BCUT2D eigenvalue weighted by Gasteiger charge is -2.23. The Kier molecular flexibility index (Phi) is 10.7. The zero-order valence-corrected chi connectivity index (χ0v) is 29.4. The summed E-state index contributed by atoms with van der Waals surface area (Å²) < 4.78 is 17.9. The Balaban J connectivity index is 1.39. The number of ketones is 1. The minimum Gasteiger partial charge on any atom is -0.507 e. The van der Waals surface area contributed by atoms with E-state index in [0.29, 0.717) is 61.7 Å². The fourth-order valence-electron chi connectivity index (χ4n) is 5.20. The highest BCUT2D eigenvalue weighted by Gasteiger charge is 2.48. The number of benzene rings is 4. The van der Waals surface area contributed by atoms with E-state index < -0.39 is 17.7 Å². The van der Waals surface area contributed by atoms with Gasteiger partial charge in [-0.2, -0.15) is 0 Å². The summed E-state index contributed by atoms with van der Waals surface area (Å²) in [5.74, 6) is -0.107. The predicted molar refractivity (Wildman–Crippen MR) is 192 cm³/mol. The van der Waals surface area contributed by atoms with E-state index in [1.807, 2.05) is 43.3 Å². The maximum atomic E-state index is 13.8. The van der Waals surface area contributed by atoms with Gasteiger partial charge in [-0.25, -0.2) is 0 Å². The standard InChI is InChI=1S/C36H29Cl2N3O6S2/c1-3-46-29-17-23(12-16-28(29)47-19-21-7-5-4-6-8-21)31-30(32(42)22-10-14-26(45-2)15-11-22)33(43)34(44)41(31)35-39-40-36(49-35)48-20-24-9-13-25(37)18-27(24)38/h4-18,31,42H,3,19-20H2,1-2H3/b32-30+. The van der Waals surface area contributed by atoms with Crippen LogP contribution >= 0.6 is 46.3 Å². The Morgan fingerprint density at radius 2 is 1.71 bits per heavy atom. The molecule has 2 heterocycles. The van der Waals surface area contributed by atoms with E-state index >= 15 is 0 Å². The molecule has 0 spiro atoms. The van der Waals surface area contributed by atoms with Crippen molar-refractivity contribution in [2.24, 2.45) is 0 Å². The summed E-state index contributed by atoms with van der Waals surface area (Å²) in [5, 5.41) is 21.4. The number of aromatic nitrogens is 2. The summed E-state index contributed by atoms with van der Waals surface area (Å²) in [5.41, 5.74) is 2.57. The van der Waals surface area contributed by atoms with E-state index in [1.54, 1.807) is 54.6 Å². The number of carbonyl (C=O) groups excluding carboxylic acids is 2. The van der Waals surface area contributed by atoms with Gasteiger partial charge < -0.3 is 19.3 Å². The Morgan fingerprint density at radius 1 is 0.939 bits per heavy atom. The van der Waals surface area contributed by atoms with Gasteiger partial charge in [-0.3, -0.25) is 14.5 Å². The molecule has 250 valence electrons. The third-order valence-electron chi connectivity index (χ3n) is 7.60. The third-order valence-corrected chi connectivity index (χ3v) is 10.3. The fraction of sp³-hybridized carbons (Fsp3) is 0.167. The van der Waals surface area contributed by atoms with E-state index in [4.69, 9.17) is 37.4 Å². The van der Waals surface area contributed by atoms with Crippen molar-refractivity contribution in [3.63, 3.8) is 0 Å². The monoisotopic (exact) mass is 733 g/mol. The van der Waals surface area contributed by atoms with Crippen LogP contribution in [0, 0.1) is 0 Å². The molecule has 5 aromatic rings. The molecule has 9 nitrogen and oxygen atoms in total. The first-order valence-corrected chi connectivity index (χ1v) is 17.6. The van der Waals surface area contributed by atoms with Gasteiger partial charge in [0, 0.05) is 21.4 Å². The number of rotatable bonds is 12. The fourth-order valence-corrected chi connectivity index (χ4v) is 7.63. The second kappa shape index (κ2) is 15.3. The molecule has 1 amide bonds. The molecule has 1 aliphatic heterocycles. The molecule has 49 heavy (non-hydrogen) atoms. The minimum atomic E-state index is -1.05. The first-order chi connectivity index (χ1) is 23.8. The zero-order chi connectivity index (χ0) is 34.5. The van der Waals surface area contributed by atoms with Crippen LogP contribution in [0.15, 0.2) is 101 Å². The van der Waals surface area contributed by atoms with Crippen LogP contribution in [0.1, 0.15) is 35.2 Å². The average Bonchev–Trinajstić information content (AvgIpc) is 3.69. The number of aliphatic hydroxyl groups is 1. The number of nitrogens with zero attached hydrogens (tertiary/aromatic N) is 3. The number of anilines is 1. The average molecular weight is 735 g/mol. The summed E-state index contributed by atoms with van der Waals surface area (Å²) in [4.78, 5) is 28.8. The highest BCUT2D eigenvalue weighted by Crippen LogP contribution is 2.46. The third kappa shape index (κ3) is 7.55. The van der Waals surface area contributed by atoms with Gasteiger partial charge in [-0.15, -0.1) is 10.2 Å². The SMILES string of the molecule is CCOc1cc(C2/C(=C(\O)c3ccc(OC)cc3)C(=O)C(=O)N2c2nnc(SCc3ccc(Cl)cc3Cl)s2)ccc1OCc1ccccc1. The van der Waals surface area contributed by atoms with Gasteiger partial charge in [-0.05, 0) is 72.1 Å². The summed E-state index contributed by atoms with van der Waals surface area (Å²) in [6.45, 7) is 2.50. The lowest BCUT2D eigenvalue weighted by molar-refractivity contribution is -0.132. The number of Topliss-reactive ketones (excluding diaryl/α,β-unsaturated/α-hetero) is 1. The van der Waals surface area contributed by atoms with Crippen LogP contribution in [0.25, 0.3) is 5.76 Å². The smallest absolute Gasteiger partial charge is 0.301 e. The highest BCUT2D eigenvalue weighted by molar-refractivity contribution is 8.00. The van der Waals surface area contributed by atoms with Crippen LogP contribution in [0.5, 0.6) is 17.2 Å². The van der Waals surface area contributed by atoms with Crippen molar-refractivity contribution in [3.05, 3.63) is 129 Å². The molecule has 0 saturated carbocycles. The summed E-state index contributed by atoms with van der Waals surface area (Å²) in [7, 11) is 1.53. The molecule has 6 rings (SSSR count). The van der Waals surface area contributed by atoms with Gasteiger partial charge in [0.25, 0.3) is 5.78 Å². The Labute approximate surface area is 301 Å². The summed E-state index contributed by atoms with van der Waals surface area (Å²) >= 11 is 14.9. The van der Waals surface area contributed by atoms with Crippen LogP contribution in [-0.2, 0) is 21.9 Å². The lowest BCUT2D eigenvalue weighted by Crippen LogP contribution is -2.29. The number of carbonyl (C=O) groups is 2. The molecular weight excluding hydrogens is 705 g/mol. The Hall–Kier alpha value is -4.55. The minimum absolute atomic E-state index is 0.104. The van der Waals surface area contributed by atoms with Gasteiger partial charge in [0.1, 0.15) is 18.1 Å². The van der Waals surface area contributed by atoms with E-state index in [2.05, 4.69) is 10.2 Å². The second-order valence-corrected chi connectivity index (χ2v) is 13.7. The molecule has 1 aliphatic rings. The number of aliphatic hydroxyl groups excluding tert-OH is 1. The quantitative estimate of drug-likeness (QED) is 0.0442. The number of methoxy groups -OCH3 is 1. The molecule has 1 saturated heterocycles. The van der Waals surface area contributed by atoms with Crippen molar-refractivity contribution >= 4 is 68.9 Å². The van der Waals surface area contributed by atoms with Crippen molar-refractivity contribution in [1.82, 2.24) is 10.2 Å². The summed E-state index contributed by atoms with van der Waals surface area (Å²) in [6, 6.07) is 25.7. The first kappa shape index (κ1) is 34.3. The van der Waals surface area contributed by atoms with Gasteiger partial charge in [0.15, 0.2) is 15.8 Å². The molecule has 4 aromatic carbocycles. The van der Waals surface area contributed by atoms with Crippen LogP contribution in [0.3, 0.4) is 0 Å². The van der Waals surface area contributed by atoms with E-state index in [0.717, 1.165) is 22.5 Å². The van der Waals surface area contributed by atoms with Crippen molar-refractivity contribution in [1.29, 1.82) is 0 Å². The van der Waals surface area contributed by atoms with E-state index in [1.165, 1.54) is 23.8 Å². The Morgan fingerprint density at radius 3 is 2.43 bits per heavy atom. The predicted octanol–water partition coefficient (Wildman–Crippen LogP) is 8.75. The number of ether oxygens (including phenoxy) is 3. The van der Waals surface area contributed by atoms with Crippen molar-refractivity contribution in [3.8, 4) is 17.2 Å². The molecular formula is C36H29Cl2N3O6S2. The molecule has 13 heteroatoms.